The van der Waals surface area contributed by atoms with Crippen molar-refractivity contribution in [2.45, 2.75) is 53.0 Å². The van der Waals surface area contributed by atoms with E-state index in [1.807, 2.05) is 20.8 Å². The Morgan fingerprint density at radius 1 is 1.43 bits per heavy atom. The maximum atomic E-state index is 11.7. The Balaban J connectivity index is 2.97. The number of unbranched alkanes of at least 4 members (excludes halogenated alkanes) is 1. The van der Waals surface area contributed by atoms with Gasteiger partial charge in [-0.25, -0.2) is 0 Å². The highest BCUT2D eigenvalue weighted by atomic mass is 16.1. The highest BCUT2D eigenvalue weighted by Crippen LogP contribution is 2.07. The zero-order valence-corrected chi connectivity index (χ0v) is 9.55. The van der Waals surface area contributed by atoms with Crippen LogP contribution in [0.5, 0.6) is 0 Å². The molecule has 0 saturated carbocycles. The Bertz CT molecular complexity index is 347. The van der Waals surface area contributed by atoms with E-state index in [9.17, 15) is 4.79 Å². The first-order valence-corrected chi connectivity index (χ1v) is 5.37. The molecular weight excluding hydrogens is 176 g/mol. The van der Waals surface area contributed by atoms with Crippen molar-refractivity contribution in [2.24, 2.45) is 0 Å². The van der Waals surface area contributed by atoms with Gasteiger partial charge in [0, 0.05) is 17.3 Å². The summed E-state index contributed by atoms with van der Waals surface area (Å²) in [5.41, 5.74) is 2.11. The monoisotopic (exact) mass is 196 g/mol. The molecular formula is C11H20N2O. The van der Waals surface area contributed by atoms with Crippen molar-refractivity contribution in [1.82, 2.24) is 9.78 Å². The summed E-state index contributed by atoms with van der Waals surface area (Å²) in [6, 6.07) is 0.219. The van der Waals surface area contributed by atoms with Crippen molar-refractivity contribution < 1.29 is 0 Å². The molecule has 0 aliphatic rings. The van der Waals surface area contributed by atoms with Gasteiger partial charge in [-0.3, -0.25) is 14.6 Å². The fourth-order valence-electron chi connectivity index (χ4n) is 1.55. The van der Waals surface area contributed by atoms with Crippen molar-refractivity contribution in [3.05, 3.63) is 21.6 Å². The van der Waals surface area contributed by atoms with Crippen molar-refractivity contribution in [3.63, 3.8) is 0 Å². The molecule has 0 spiro atoms. The number of hydrogen-bond donors (Lipinski definition) is 1. The highest BCUT2D eigenvalue weighted by molar-refractivity contribution is 5.15. The fourth-order valence-corrected chi connectivity index (χ4v) is 1.55. The van der Waals surface area contributed by atoms with E-state index >= 15 is 0 Å². The first-order chi connectivity index (χ1) is 6.57. The molecule has 3 nitrogen and oxygen atoms in total. The molecule has 0 saturated heterocycles. The first kappa shape index (κ1) is 11.1. The summed E-state index contributed by atoms with van der Waals surface area (Å²) < 4.78 is 1.71. The number of rotatable bonds is 4. The van der Waals surface area contributed by atoms with Gasteiger partial charge in [-0.1, -0.05) is 13.3 Å². The molecule has 0 aliphatic carbocycles. The Labute approximate surface area is 85.1 Å². The van der Waals surface area contributed by atoms with E-state index in [-0.39, 0.29) is 11.6 Å². The number of nitrogens with one attached hydrogen (secondary N) is 1. The van der Waals surface area contributed by atoms with Crippen LogP contribution < -0.4 is 5.56 Å². The van der Waals surface area contributed by atoms with Gasteiger partial charge in [0.15, 0.2) is 0 Å². The van der Waals surface area contributed by atoms with Gasteiger partial charge < -0.3 is 0 Å². The number of aryl methyl sites for hydroxylation is 1. The Morgan fingerprint density at radius 3 is 2.50 bits per heavy atom. The van der Waals surface area contributed by atoms with Gasteiger partial charge in [0.05, 0.1) is 0 Å². The number of nitrogens with zero attached hydrogens (tertiary/aromatic N) is 1. The average molecular weight is 196 g/mol. The van der Waals surface area contributed by atoms with Gasteiger partial charge in [0.25, 0.3) is 5.56 Å². The summed E-state index contributed by atoms with van der Waals surface area (Å²) in [5.74, 6) is 0. The van der Waals surface area contributed by atoms with E-state index in [0.29, 0.717) is 0 Å². The molecule has 1 N–H and O–H groups in total. The lowest BCUT2D eigenvalue weighted by Gasteiger charge is -2.04. The zero-order chi connectivity index (χ0) is 10.7. The van der Waals surface area contributed by atoms with E-state index in [1.54, 1.807) is 4.68 Å². The van der Waals surface area contributed by atoms with Crippen LogP contribution in [0, 0.1) is 6.92 Å². The van der Waals surface area contributed by atoms with Gasteiger partial charge in [-0.05, 0) is 33.6 Å². The molecule has 0 aromatic carbocycles. The van der Waals surface area contributed by atoms with Crippen LogP contribution in [0.15, 0.2) is 4.79 Å². The first-order valence-electron chi connectivity index (χ1n) is 5.37. The van der Waals surface area contributed by atoms with Gasteiger partial charge in [0.2, 0.25) is 0 Å². The maximum Gasteiger partial charge on any atom is 0.269 e. The number of aromatic amines is 1. The van der Waals surface area contributed by atoms with Gasteiger partial charge in [0.1, 0.15) is 0 Å². The summed E-state index contributed by atoms with van der Waals surface area (Å²) in [5, 5.41) is 3.19. The van der Waals surface area contributed by atoms with Crippen LogP contribution >= 0.6 is 0 Å². The minimum Gasteiger partial charge on any atom is -0.299 e. The SMILES string of the molecule is CCCCc1[nH]n(C(C)C)c(=O)c1C. The molecule has 0 radical (unpaired) electrons. The summed E-state index contributed by atoms with van der Waals surface area (Å²) in [4.78, 5) is 11.7. The van der Waals surface area contributed by atoms with Gasteiger partial charge in [-0.15, -0.1) is 0 Å². The molecule has 1 aromatic heterocycles. The Kier molecular flexibility index (Phi) is 3.55. The summed E-state index contributed by atoms with van der Waals surface area (Å²) in [7, 11) is 0. The largest absolute Gasteiger partial charge is 0.299 e. The molecule has 0 bridgehead atoms. The summed E-state index contributed by atoms with van der Waals surface area (Å²) in [6.45, 7) is 8.09. The second kappa shape index (κ2) is 4.49. The third kappa shape index (κ3) is 2.08. The van der Waals surface area contributed by atoms with Crippen LogP contribution in [-0.2, 0) is 6.42 Å². The lowest BCUT2D eigenvalue weighted by atomic mass is 10.1. The predicted molar refractivity (Wildman–Crippen MR) is 58.8 cm³/mol. The molecule has 0 atom stereocenters. The highest BCUT2D eigenvalue weighted by Gasteiger charge is 2.10. The second-order valence-corrected chi connectivity index (χ2v) is 4.09. The predicted octanol–water partition coefficient (Wildman–Crippen LogP) is 2.41. The van der Waals surface area contributed by atoms with Gasteiger partial charge in [-0.2, -0.15) is 0 Å². The summed E-state index contributed by atoms with van der Waals surface area (Å²) in [6.07, 6.45) is 3.28. The zero-order valence-electron chi connectivity index (χ0n) is 9.55. The smallest absolute Gasteiger partial charge is 0.269 e. The number of H-pyrrole nitrogens is 1. The normalized spacial score (nSPS) is 11.2. The minimum atomic E-state index is 0.131. The molecule has 0 unspecified atom stereocenters. The number of aromatic nitrogens is 2. The average Bonchev–Trinajstić information content (AvgIpc) is 2.42. The van der Waals surface area contributed by atoms with Crippen LogP contribution in [0.1, 0.15) is 50.9 Å². The quantitative estimate of drug-likeness (QED) is 0.789. The van der Waals surface area contributed by atoms with E-state index in [4.69, 9.17) is 0 Å². The topological polar surface area (TPSA) is 37.8 Å². The van der Waals surface area contributed by atoms with Crippen LogP contribution in [0.2, 0.25) is 0 Å². The van der Waals surface area contributed by atoms with E-state index in [0.717, 1.165) is 30.5 Å². The van der Waals surface area contributed by atoms with Crippen LogP contribution in [0.25, 0.3) is 0 Å². The fraction of sp³-hybridized carbons (Fsp3) is 0.727. The van der Waals surface area contributed by atoms with Crippen molar-refractivity contribution in [1.29, 1.82) is 0 Å². The van der Waals surface area contributed by atoms with Crippen LogP contribution in [-0.4, -0.2) is 9.78 Å². The molecule has 3 heteroatoms. The third-order valence-corrected chi connectivity index (χ3v) is 2.54. The Hall–Kier alpha value is -0.990. The van der Waals surface area contributed by atoms with Gasteiger partial charge >= 0.3 is 0 Å². The minimum absolute atomic E-state index is 0.131. The lowest BCUT2D eigenvalue weighted by molar-refractivity contribution is 0.510. The van der Waals surface area contributed by atoms with E-state index in [1.165, 1.54) is 0 Å². The van der Waals surface area contributed by atoms with Crippen LogP contribution in [0.3, 0.4) is 0 Å². The Morgan fingerprint density at radius 2 is 2.07 bits per heavy atom. The molecule has 80 valence electrons. The standard InChI is InChI=1S/C11H20N2O/c1-5-6-7-10-9(4)11(14)13(12-10)8(2)3/h8,12H,5-7H2,1-4H3. The van der Waals surface area contributed by atoms with Crippen molar-refractivity contribution >= 4 is 0 Å². The van der Waals surface area contributed by atoms with E-state index < -0.39 is 0 Å². The van der Waals surface area contributed by atoms with Crippen LogP contribution in [0.4, 0.5) is 0 Å². The van der Waals surface area contributed by atoms with Crippen molar-refractivity contribution in [2.75, 3.05) is 0 Å². The van der Waals surface area contributed by atoms with E-state index in [2.05, 4.69) is 12.0 Å². The summed E-state index contributed by atoms with van der Waals surface area (Å²) >= 11 is 0. The molecule has 0 aliphatic heterocycles. The molecule has 0 amide bonds. The third-order valence-electron chi connectivity index (χ3n) is 2.54. The lowest BCUT2D eigenvalue weighted by Crippen LogP contribution is -2.19. The molecule has 0 fully saturated rings. The molecule has 1 heterocycles. The molecule has 1 aromatic rings. The number of hydrogen-bond acceptors (Lipinski definition) is 1. The maximum absolute atomic E-state index is 11.7. The molecule has 14 heavy (non-hydrogen) atoms. The second-order valence-electron chi connectivity index (χ2n) is 4.09. The van der Waals surface area contributed by atoms with Crippen molar-refractivity contribution in [3.8, 4) is 0 Å². The molecule has 1 rings (SSSR count).